The zero-order valence-corrected chi connectivity index (χ0v) is 18.0. The maximum absolute atomic E-state index is 13.9. The predicted octanol–water partition coefficient (Wildman–Crippen LogP) is 3.11. The van der Waals surface area contributed by atoms with Crippen molar-refractivity contribution in [1.29, 1.82) is 0 Å². The molecule has 3 fully saturated rings. The first-order valence-corrected chi connectivity index (χ1v) is 11.7. The summed E-state index contributed by atoms with van der Waals surface area (Å²) in [6.07, 6.45) is 7.36. The highest BCUT2D eigenvalue weighted by Gasteiger charge is 2.66. The summed E-state index contributed by atoms with van der Waals surface area (Å²) < 4.78 is 0. The molecule has 1 spiro atoms. The molecule has 1 aromatic heterocycles. The van der Waals surface area contributed by atoms with Crippen molar-refractivity contribution in [1.82, 2.24) is 14.8 Å². The number of carbonyl (C=O) groups is 1. The molecule has 2 aromatic rings. The summed E-state index contributed by atoms with van der Waals surface area (Å²) in [6, 6.07) is 9.43. The first-order chi connectivity index (χ1) is 14.1. The molecule has 4 aliphatic rings. The zero-order valence-electron chi connectivity index (χ0n) is 17.2. The Balaban J connectivity index is 1.28. The summed E-state index contributed by atoms with van der Waals surface area (Å²) >= 11 is 1.79. The molecule has 1 aromatic carbocycles. The van der Waals surface area contributed by atoms with Crippen LogP contribution in [0.3, 0.4) is 0 Å². The molecule has 3 atom stereocenters. The fourth-order valence-corrected chi connectivity index (χ4v) is 7.47. The first-order valence-electron chi connectivity index (χ1n) is 10.9. The average Bonchev–Trinajstić information content (AvgIpc) is 3.49. The molecule has 0 N–H and O–H groups in total. The van der Waals surface area contributed by atoms with Crippen LogP contribution in [0.5, 0.6) is 0 Å². The average molecular weight is 409 g/mol. The van der Waals surface area contributed by atoms with E-state index in [0.29, 0.717) is 23.9 Å². The molecule has 0 saturated carbocycles. The van der Waals surface area contributed by atoms with E-state index in [2.05, 4.69) is 43.9 Å². The number of anilines is 1. The zero-order chi connectivity index (χ0) is 19.8. The number of aromatic nitrogens is 1. The summed E-state index contributed by atoms with van der Waals surface area (Å²) in [5.74, 6) is 0.869. The van der Waals surface area contributed by atoms with Crippen molar-refractivity contribution in [3.63, 3.8) is 0 Å². The molecule has 3 saturated heterocycles. The largest absolute Gasteiger partial charge is 0.354 e. The number of thiazole rings is 1. The van der Waals surface area contributed by atoms with E-state index in [-0.39, 0.29) is 5.54 Å². The van der Waals surface area contributed by atoms with Gasteiger partial charge in [-0.25, -0.2) is 4.98 Å². The molecular formula is C23H28N4OS. The number of carbonyl (C=O) groups excluding carboxylic acids is 1. The van der Waals surface area contributed by atoms with Crippen LogP contribution in [-0.4, -0.2) is 59.5 Å². The lowest BCUT2D eigenvalue weighted by atomic mass is 9.85. The number of fused-ring (bicyclic) bond motifs is 1. The predicted molar refractivity (Wildman–Crippen MR) is 115 cm³/mol. The highest BCUT2D eigenvalue weighted by Crippen LogP contribution is 2.57. The number of rotatable bonds is 3. The number of benzene rings is 1. The van der Waals surface area contributed by atoms with Gasteiger partial charge in [-0.1, -0.05) is 24.3 Å². The van der Waals surface area contributed by atoms with Crippen LogP contribution in [0.4, 0.5) is 5.13 Å². The molecule has 6 rings (SSSR count). The van der Waals surface area contributed by atoms with Gasteiger partial charge in [0.05, 0.1) is 0 Å². The summed E-state index contributed by atoms with van der Waals surface area (Å²) in [5, 5.41) is 1.06. The van der Waals surface area contributed by atoms with Gasteiger partial charge < -0.3 is 9.80 Å². The third-order valence-corrected chi connectivity index (χ3v) is 9.04. The molecule has 29 heavy (non-hydrogen) atoms. The highest BCUT2D eigenvalue weighted by molar-refractivity contribution is 7.15. The van der Waals surface area contributed by atoms with Crippen LogP contribution in [0.25, 0.3) is 0 Å². The van der Waals surface area contributed by atoms with Crippen LogP contribution in [0.1, 0.15) is 41.3 Å². The molecule has 6 heteroatoms. The molecule has 3 aliphatic heterocycles. The molecule has 0 radical (unpaired) electrons. The topological polar surface area (TPSA) is 39.7 Å². The summed E-state index contributed by atoms with van der Waals surface area (Å²) in [6.45, 7) is 1.98. The van der Waals surface area contributed by atoms with Crippen LogP contribution < -0.4 is 4.90 Å². The second-order valence-corrected chi connectivity index (χ2v) is 10.4. The first kappa shape index (κ1) is 17.9. The molecule has 1 amide bonds. The standard InChI is InChI=1S/C23H28N4OS/c1-25(2)22-24-13-20(29-22)19-12-17-14-26(21(28)23(17)8-5-9-27(19)23)18-10-15-6-3-4-7-16(15)11-18/h3-4,6-7,13,17-19H,5,8-12,14H2,1-2H3/t17-,19-,23-/m0/s1. The number of hydrogen-bond donors (Lipinski definition) is 0. The lowest BCUT2D eigenvalue weighted by Crippen LogP contribution is -2.51. The smallest absolute Gasteiger partial charge is 0.243 e. The van der Waals surface area contributed by atoms with Crippen molar-refractivity contribution >= 4 is 22.4 Å². The van der Waals surface area contributed by atoms with Crippen molar-refractivity contribution in [2.24, 2.45) is 5.92 Å². The molecule has 4 heterocycles. The lowest BCUT2D eigenvalue weighted by Gasteiger charge is -2.34. The Bertz CT molecular complexity index is 946. The van der Waals surface area contributed by atoms with Gasteiger partial charge in [0, 0.05) is 49.7 Å². The van der Waals surface area contributed by atoms with Crippen molar-refractivity contribution in [3.05, 3.63) is 46.5 Å². The quantitative estimate of drug-likeness (QED) is 0.782. The molecule has 5 nitrogen and oxygen atoms in total. The number of hydrogen-bond acceptors (Lipinski definition) is 5. The van der Waals surface area contributed by atoms with Crippen LogP contribution in [0.15, 0.2) is 30.5 Å². The van der Waals surface area contributed by atoms with Gasteiger partial charge in [-0.2, -0.15) is 0 Å². The van der Waals surface area contributed by atoms with Gasteiger partial charge in [-0.05, 0) is 49.8 Å². The molecule has 1 aliphatic carbocycles. The molecular weight excluding hydrogens is 380 g/mol. The normalized spacial score (nSPS) is 31.4. The Kier molecular flexibility index (Phi) is 3.88. The van der Waals surface area contributed by atoms with Gasteiger partial charge in [0.15, 0.2) is 5.13 Å². The van der Waals surface area contributed by atoms with Crippen LogP contribution in [0.2, 0.25) is 0 Å². The second-order valence-electron chi connectivity index (χ2n) is 9.40. The number of amides is 1. The Labute approximate surface area is 176 Å². The van der Waals surface area contributed by atoms with Crippen molar-refractivity contribution in [3.8, 4) is 0 Å². The van der Waals surface area contributed by atoms with E-state index < -0.39 is 0 Å². The summed E-state index contributed by atoms with van der Waals surface area (Å²) in [4.78, 5) is 26.7. The van der Waals surface area contributed by atoms with Crippen LogP contribution in [0, 0.1) is 5.92 Å². The van der Waals surface area contributed by atoms with E-state index in [1.807, 2.05) is 20.3 Å². The van der Waals surface area contributed by atoms with Gasteiger partial charge in [-0.3, -0.25) is 9.69 Å². The monoisotopic (exact) mass is 408 g/mol. The number of nitrogens with zero attached hydrogens (tertiary/aromatic N) is 4. The number of likely N-dealkylation sites (tertiary alicyclic amines) is 1. The van der Waals surface area contributed by atoms with Crippen LogP contribution >= 0.6 is 11.3 Å². The Morgan fingerprint density at radius 2 is 1.97 bits per heavy atom. The Hall–Kier alpha value is -1.92. The Morgan fingerprint density at radius 3 is 2.66 bits per heavy atom. The van der Waals surface area contributed by atoms with Crippen LogP contribution in [-0.2, 0) is 17.6 Å². The van der Waals surface area contributed by atoms with Crippen molar-refractivity contribution in [2.45, 2.75) is 49.7 Å². The van der Waals surface area contributed by atoms with E-state index in [0.717, 1.165) is 50.3 Å². The van der Waals surface area contributed by atoms with Gasteiger partial charge >= 0.3 is 0 Å². The van der Waals surface area contributed by atoms with E-state index in [1.54, 1.807) is 11.3 Å². The van der Waals surface area contributed by atoms with Crippen molar-refractivity contribution in [2.75, 3.05) is 32.1 Å². The third kappa shape index (κ3) is 2.42. The van der Waals surface area contributed by atoms with E-state index in [9.17, 15) is 4.79 Å². The lowest BCUT2D eigenvalue weighted by molar-refractivity contribution is -0.138. The fourth-order valence-electron chi connectivity index (χ4n) is 6.50. The van der Waals surface area contributed by atoms with E-state index in [4.69, 9.17) is 0 Å². The second kappa shape index (κ2) is 6.29. The Morgan fingerprint density at radius 1 is 1.21 bits per heavy atom. The minimum Gasteiger partial charge on any atom is -0.354 e. The molecule has 0 bridgehead atoms. The van der Waals surface area contributed by atoms with E-state index >= 15 is 0 Å². The molecule has 0 unspecified atom stereocenters. The minimum atomic E-state index is -0.248. The van der Waals surface area contributed by atoms with E-state index in [1.165, 1.54) is 16.0 Å². The van der Waals surface area contributed by atoms with Gasteiger partial charge in [0.1, 0.15) is 5.54 Å². The van der Waals surface area contributed by atoms with Gasteiger partial charge in [0.25, 0.3) is 0 Å². The maximum atomic E-state index is 13.9. The SMILES string of the molecule is CN(C)c1ncc([C@@H]2C[C@H]3CN(C4Cc5ccccc5C4)C(=O)[C@]34CCCN24)s1. The fraction of sp³-hybridized carbons (Fsp3) is 0.565. The summed E-state index contributed by atoms with van der Waals surface area (Å²) in [5.41, 5.74) is 2.62. The van der Waals surface area contributed by atoms with Gasteiger partial charge in [0.2, 0.25) is 5.91 Å². The summed E-state index contributed by atoms with van der Waals surface area (Å²) in [7, 11) is 4.09. The maximum Gasteiger partial charge on any atom is 0.243 e. The minimum absolute atomic E-state index is 0.248. The van der Waals surface area contributed by atoms with Crippen molar-refractivity contribution < 1.29 is 4.79 Å². The van der Waals surface area contributed by atoms with Gasteiger partial charge in [-0.15, -0.1) is 11.3 Å². The molecule has 152 valence electrons. The third-order valence-electron chi connectivity index (χ3n) is 7.77. The highest BCUT2D eigenvalue weighted by atomic mass is 32.1.